The highest BCUT2D eigenvalue weighted by molar-refractivity contribution is 7.07. The number of hydrogen-bond acceptors (Lipinski definition) is 3. The molecule has 1 aromatic rings. The molecule has 0 saturated carbocycles. The second-order valence-electron chi connectivity index (χ2n) is 3.24. The van der Waals surface area contributed by atoms with Gasteiger partial charge in [-0.2, -0.15) is 11.3 Å². The standard InChI is InChI=1S/C10H16N2OS/c1-8(9-4-6-14-7-9)12-10(13)3-2-5-11/h4,6-8H,2-3,5,11H2,1H3,(H,12,13). The van der Waals surface area contributed by atoms with Crippen LogP contribution in [0.3, 0.4) is 0 Å². The van der Waals surface area contributed by atoms with E-state index in [0.717, 1.165) is 12.0 Å². The maximum Gasteiger partial charge on any atom is 0.220 e. The summed E-state index contributed by atoms with van der Waals surface area (Å²) in [6, 6.07) is 2.13. The summed E-state index contributed by atoms with van der Waals surface area (Å²) in [5.41, 5.74) is 6.49. The zero-order chi connectivity index (χ0) is 10.4. The molecule has 0 fully saturated rings. The van der Waals surface area contributed by atoms with E-state index < -0.39 is 0 Å². The molecule has 0 spiro atoms. The number of rotatable bonds is 5. The maximum absolute atomic E-state index is 11.3. The monoisotopic (exact) mass is 212 g/mol. The van der Waals surface area contributed by atoms with Crippen molar-refractivity contribution < 1.29 is 4.79 Å². The fourth-order valence-corrected chi connectivity index (χ4v) is 1.94. The van der Waals surface area contributed by atoms with Gasteiger partial charge >= 0.3 is 0 Å². The minimum atomic E-state index is 0.0779. The van der Waals surface area contributed by atoms with Crippen molar-refractivity contribution in [2.45, 2.75) is 25.8 Å². The van der Waals surface area contributed by atoms with Crippen molar-refractivity contribution in [1.82, 2.24) is 5.32 Å². The molecule has 0 aliphatic carbocycles. The minimum Gasteiger partial charge on any atom is -0.350 e. The van der Waals surface area contributed by atoms with Crippen LogP contribution in [-0.2, 0) is 4.79 Å². The Morgan fingerprint density at radius 3 is 3.07 bits per heavy atom. The van der Waals surface area contributed by atoms with Gasteiger partial charge < -0.3 is 11.1 Å². The van der Waals surface area contributed by atoms with Crippen LogP contribution in [0.25, 0.3) is 0 Å². The first-order chi connectivity index (χ1) is 6.74. The summed E-state index contributed by atoms with van der Waals surface area (Å²) < 4.78 is 0. The molecule has 1 amide bonds. The normalized spacial score (nSPS) is 12.4. The highest BCUT2D eigenvalue weighted by Gasteiger charge is 2.08. The Balaban J connectivity index is 2.33. The number of thiophene rings is 1. The van der Waals surface area contributed by atoms with Crippen LogP contribution >= 0.6 is 11.3 Å². The van der Waals surface area contributed by atoms with E-state index in [2.05, 4.69) is 5.32 Å². The predicted octanol–water partition coefficient (Wildman–Crippen LogP) is 1.66. The Kier molecular flexibility index (Phi) is 4.62. The fourth-order valence-electron chi connectivity index (χ4n) is 1.18. The predicted molar refractivity (Wildman–Crippen MR) is 59.2 cm³/mol. The summed E-state index contributed by atoms with van der Waals surface area (Å²) in [7, 11) is 0. The van der Waals surface area contributed by atoms with Crippen LogP contribution in [0.5, 0.6) is 0 Å². The van der Waals surface area contributed by atoms with Crippen molar-refractivity contribution in [2.24, 2.45) is 5.73 Å². The molecule has 3 N–H and O–H groups in total. The van der Waals surface area contributed by atoms with Crippen LogP contribution in [0.2, 0.25) is 0 Å². The third kappa shape index (κ3) is 3.47. The van der Waals surface area contributed by atoms with Gasteiger partial charge in [0.25, 0.3) is 0 Å². The quantitative estimate of drug-likeness (QED) is 0.780. The lowest BCUT2D eigenvalue weighted by atomic mass is 10.2. The van der Waals surface area contributed by atoms with Gasteiger partial charge in [0.2, 0.25) is 5.91 Å². The number of carbonyl (C=O) groups excluding carboxylic acids is 1. The van der Waals surface area contributed by atoms with E-state index in [1.165, 1.54) is 0 Å². The highest BCUT2D eigenvalue weighted by Crippen LogP contribution is 2.15. The zero-order valence-corrected chi connectivity index (χ0v) is 9.14. The van der Waals surface area contributed by atoms with E-state index in [4.69, 9.17) is 5.73 Å². The molecular weight excluding hydrogens is 196 g/mol. The average molecular weight is 212 g/mol. The van der Waals surface area contributed by atoms with E-state index in [-0.39, 0.29) is 11.9 Å². The fraction of sp³-hybridized carbons (Fsp3) is 0.500. The molecule has 78 valence electrons. The molecule has 0 radical (unpaired) electrons. The molecule has 1 atom stereocenters. The first kappa shape index (κ1) is 11.2. The Morgan fingerprint density at radius 1 is 1.71 bits per heavy atom. The molecule has 0 aliphatic heterocycles. The summed E-state index contributed by atoms with van der Waals surface area (Å²) in [4.78, 5) is 11.3. The van der Waals surface area contributed by atoms with E-state index in [1.54, 1.807) is 11.3 Å². The lowest BCUT2D eigenvalue weighted by Gasteiger charge is -2.11. The molecule has 1 unspecified atom stereocenters. The SMILES string of the molecule is CC(NC(=O)CCCN)c1ccsc1. The summed E-state index contributed by atoms with van der Waals surface area (Å²) in [5, 5.41) is 6.99. The van der Waals surface area contributed by atoms with E-state index >= 15 is 0 Å². The summed E-state index contributed by atoms with van der Waals surface area (Å²) in [6.07, 6.45) is 1.27. The van der Waals surface area contributed by atoms with Crippen LogP contribution < -0.4 is 11.1 Å². The molecule has 0 aliphatic rings. The van der Waals surface area contributed by atoms with Gasteiger partial charge in [-0.25, -0.2) is 0 Å². The number of nitrogens with two attached hydrogens (primary N) is 1. The molecule has 0 bridgehead atoms. The number of amides is 1. The van der Waals surface area contributed by atoms with E-state index in [1.807, 2.05) is 23.8 Å². The van der Waals surface area contributed by atoms with Crippen molar-refractivity contribution in [3.8, 4) is 0 Å². The Hall–Kier alpha value is -0.870. The summed E-state index contributed by atoms with van der Waals surface area (Å²) >= 11 is 1.64. The van der Waals surface area contributed by atoms with Gasteiger partial charge in [0.1, 0.15) is 0 Å². The van der Waals surface area contributed by atoms with E-state index in [9.17, 15) is 4.79 Å². The summed E-state index contributed by atoms with van der Waals surface area (Å²) in [5.74, 6) is 0.0779. The summed E-state index contributed by atoms with van der Waals surface area (Å²) in [6.45, 7) is 2.56. The maximum atomic E-state index is 11.3. The minimum absolute atomic E-state index is 0.0779. The number of carbonyl (C=O) groups is 1. The molecular formula is C10H16N2OS. The Morgan fingerprint density at radius 2 is 2.50 bits per heavy atom. The third-order valence-corrected chi connectivity index (χ3v) is 2.73. The number of hydrogen-bond donors (Lipinski definition) is 2. The van der Waals surface area contributed by atoms with Crippen LogP contribution in [0, 0.1) is 0 Å². The van der Waals surface area contributed by atoms with Crippen molar-refractivity contribution in [1.29, 1.82) is 0 Å². The Bertz CT molecular complexity index is 272. The van der Waals surface area contributed by atoms with Gasteiger partial charge in [0.05, 0.1) is 6.04 Å². The second-order valence-corrected chi connectivity index (χ2v) is 4.02. The van der Waals surface area contributed by atoms with Gasteiger partial charge in [-0.3, -0.25) is 4.79 Å². The van der Waals surface area contributed by atoms with E-state index in [0.29, 0.717) is 13.0 Å². The largest absolute Gasteiger partial charge is 0.350 e. The van der Waals surface area contributed by atoms with Crippen LogP contribution in [0.4, 0.5) is 0 Å². The van der Waals surface area contributed by atoms with Crippen molar-refractivity contribution in [3.63, 3.8) is 0 Å². The zero-order valence-electron chi connectivity index (χ0n) is 8.32. The van der Waals surface area contributed by atoms with Gasteiger partial charge in [0.15, 0.2) is 0 Å². The molecule has 1 rings (SSSR count). The first-order valence-electron chi connectivity index (χ1n) is 4.75. The molecule has 3 nitrogen and oxygen atoms in total. The van der Waals surface area contributed by atoms with Gasteiger partial charge in [0, 0.05) is 6.42 Å². The van der Waals surface area contributed by atoms with Crippen LogP contribution in [0.1, 0.15) is 31.4 Å². The third-order valence-electron chi connectivity index (χ3n) is 2.03. The number of nitrogens with one attached hydrogen (secondary N) is 1. The van der Waals surface area contributed by atoms with Crippen LogP contribution in [-0.4, -0.2) is 12.5 Å². The van der Waals surface area contributed by atoms with Crippen molar-refractivity contribution in [3.05, 3.63) is 22.4 Å². The molecule has 0 aromatic carbocycles. The lowest BCUT2D eigenvalue weighted by Crippen LogP contribution is -2.26. The second kappa shape index (κ2) is 5.78. The molecule has 1 aromatic heterocycles. The molecule has 14 heavy (non-hydrogen) atoms. The Labute approximate surface area is 88.3 Å². The molecule has 0 saturated heterocycles. The lowest BCUT2D eigenvalue weighted by molar-refractivity contribution is -0.121. The van der Waals surface area contributed by atoms with Gasteiger partial charge in [-0.05, 0) is 42.3 Å². The smallest absolute Gasteiger partial charge is 0.220 e. The molecule has 1 heterocycles. The highest BCUT2D eigenvalue weighted by atomic mass is 32.1. The van der Waals surface area contributed by atoms with Crippen molar-refractivity contribution in [2.75, 3.05) is 6.54 Å². The first-order valence-corrected chi connectivity index (χ1v) is 5.70. The van der Waals surface area contributed by atoms with Crippen molar-refractivity contribution >= 4 is 17.2 Å². The topological polar surface area (TPSA) is 55.1 Å². The van der Waals surface area contributed by atoms with Crippen LogP contribution in [0.15, 0.2) is 16.8 Å². The van der Waals surface area contributed by atoms with Gasteiger partial charge in [-0.1, -0.05) is 0 Å². The average Bonchev–Trinajstić information content (AvgIpc) is 2.67. The van der Waals surface area contributed by atoms with Gasteiger partial charge in [-0.15, -0.1) is 0 Å². The molecule has 4 heteroatoms.